The molecule has 2 rings (SSSR count). The van der Waals surface area contributed by atoms with Crippen molar-refractivity contribution in [3.05, 3.63) is 35.4 Å². The van der Waals surface area contributed by atoms with Gasteiger partial charge in [0.05, 0.1) is 0 Å². The van der Waals surface area contributed by atoms with Gasteiger partial charge < -0.3 is 10.6 Å². The highest BCUT2D eigenvalue weighted by molar-refractivity contribution is 7.09. The summed E-state index contributed by atoms with van der Waals surface area (Å²) in [6.45, 7) is 2.91. The van der Waals surface area contributed by atoms with Crippen molar-refractivity contribution >= 4 is 22.6 Å². The van der Waals surface area contributed by atoms with Gasteiger partial charge in [-0.15, -0.1) is 0 Å². The van der Waals surface area contributed by atoms with Crippen LogP contribution >= 0.6 is 11.5 Å². The molecule has 2 N–H and O–H groups in total. The predicted octanol–water partition coefficient (Wildman–Crippen LogP) is 2.07. The van der Waals surface area contributed by atoms with Crippen LogP contribution in [0.25, 0.3) is 0 Å². The number of benzene rings is 1. The fourth-order valence-electron chi connectivity index (χ4n) is 1.53. The van der Waals surface area contributed by atoms with E-state index < -0.39 is 0 Å². The number of nitrogens with zero attached hydrogens (tertiary/aromatic N) is 3. The van der Waals surface area contributed by atoms with Gasteiger partial charge in [-0.25, -0.2) is 0 Å². The Morgan fingerprint density at radius 3 is 2.88 bits per heavy atom. The largest absolute Gasteiger partial charge is 0.367 e. The normalized spacial score (nSPS) is 10.4. The Morgan fingerprint density at radius 1 is 1.44 bits per heavy atom. The third-order valence-corrected chi connectivity index (χ3v) is 3.10. The van der Waals surface area contributed by atoms with Gasteiger partial charge in [-0.3, -0.25) is 0 Å². The number of rotatable bonds is 3. The molecular formula is C11H14N4S. The minimum atomic E-state index is 0.344. The van der Waals surface area contributed by atoms with Crippen molar-refractivity contribution in [2.75, 3.05) is 17.7 Å². The van der Waals surface area contributed by atoms with E-state index in [0.717, 1.165) is 11.7 Å². The smallest absolute Gasteiger partial charge is 0.233 e. The van der Waals surface area contributed by atoms with Crippen LogP contribution in [-0.2, 0) is 6.54 Å². The highest BCUT2D eigenvalue weighted by Crippen LogP contribution is 2.18. The molecule has 0 atom stereocenters. The molecular weight excluding hydrogens is 220 g/mol. The summed E-state index contributed by atoms with van der Waals surface area (Å²) < 4.78 is 3.96. The van der Waals surface area contributed by atoms with Crippen LogP contribution in [0.3, 0.4) is 0 Å². The molecule has 0 spiro atoms. The lowest BCUT2D eigenvalue weighted by atomic mass is 10.1. The number of hydrogen-bond donors (Lipinski definition) is 1. The Morgan fingerprint density at radius 2 is 2.25 bits per heavy atom. The van der Waals surface area contributed by atoms with Crippen LogP contribution in [0, 0.1) is 6.92 Å². The van der Waals surface area contributed by atoms with Gasteiger partial charge in [-0.2, -0.15) is 9.36 Å². The van der Waals surface area contributed by atoms with Crippen molar-refractivity contribution in [1.82, 2.24) is 9.36 Å². The van der Waals surface area contributed by atoms with Crippen molar-refractivity contribution in [1.29, 1.82) is 0 Å². The van der Waals surface area contributed by atoms with E-state index in [2.05, 4.69) is 40.5 Å². The first-order valence-electron chi connectivity index (χ1n) is 5.01. The molecule has 0 aliphatic rings. The maximum atomic E-state index is 5.50. The van der Waals surface area contributed by atoms with Crippen LogP contribution in [0.4, 0.5) is 11.1 Å². The van der Waals surface area contributed by atoms with Crippen molar-refractivity contribution in [3.63, 3.8) is 0 Å². The lowest BCUT2D eigenvalue weighted by Crippen LogP contribution is -2.16. The molecule has 0 aliphatic carbocycles. The molecule has 0 aliphatic heterocycles. The molecule has 0 fully saturated rings. The van der Waals surface area contributed by atoms with E-state index in [1.807, 2.05) is 11.9 Å². The Bertz CT molecular complexity index is 480. The topological polar surface area (TPSA) is 55.0 Å². The summed E-state index contributed by atoms with van der Waals surface area (Å²) in [6, 6.07) is 8.42. The Balaban J connectivity index is 2.10. The zero-order valence-electron chi connectivity index (χ0n) is 9.34. The zero-order valence-corrected chi connectivity index (χ0v) is 10.2. The third kappa shape index (κ3) is 2.49. The van der Waals surface area contributed by atoms with E-state index in [9.17, 15) is 0 Å². The standard InChI is InChI=1S/C11H14N4S/c1-8-4-3-5-9(6-8)7-15(2)11-13-10(12)14-16-11/h3-6H,7H2,1-2H3,(H2,12,14). The van der Waals surface area contributed by atoms with Gasteiger partial charge in [0.25, 0.3) is 0 Å². The molecule has 0 amide bonds. The first-order chi connectivity index (χ1) is 7.65. The van der Waals surface area contributed by atoms with E-state index in [1.165, 1.54) is 22.7 Å². The van der Waals surface area contributed by atoms with Gasteiger partial charge in [-0.1, -0.05) is 29.8 Å². The molecule has 0 saturated heterocycles. The molecule has 1 aromatic carbocycles. The molecule has 0 radical (unpaired) electrons. The van der Waals surface area contributed by atoms with Gasteiger partial charge in [0, 0.05) is 25.1 Å². The SMILES string of the molecule is Cc1cccc(CN(C)c2nc(N)ns2)c1. The van der Waals surface area contributed by atoms with Gasteiger partial charge in [-0.05, 0) is 12.5 Å². The second kappa shape index (κ2) is 4.49. The van der Waals surface area contributed by atoms with E-state index in [-0.39, 0.29) is 0 Å². The monoisotopic (exact) mass is 234 g/mol. The molecule has 2 aromatic rings. The quantitative estimate of drug-likeness (QED) is 0.883. The second-order valence-electron chi connectivity index (χ2n) is 3.78. The maximum absolute atomic E-state index is 5.50. The zero-order chi connectivity index (χ0) is 11.5. The molecule has 84 valence electrons. The average Bonchev–Trinajstić information content (AvgIpc) is 2.65. The molecule has 0 bridgehead atoms. The summed E-state index contributed by atoms with van der Waals surface area (Å²) in [6.07, 6.45) is 0. The van der Waals surface area contributed by atoms with Gasteiger partial charge in [0.15, 0.2) is 0 Å². The van der Waals surface area contributed by atoms with E-state index >= 15 is 0 Å². The minimum Gasteiger partial charge on any atom is -0.367 e. The van der Waals surface area contributed by atoms with Crippen LogP contribution in [0.1, 0.15) is 11.1 Å². The van der Waals surface area contributed by atoms with Crippen LogP contribution < -0.4 is 10.6 Å². The summed E-state index contributed by atoms with van der Waals surface area (Å²) in [5, 5.41) is 0.846. The molecule has 5 heteroatoms. The number of hydrogen-bond acceptors (Lipinski definition) is 5. The first kappa shape index (κ1) is 10.9. The van der Waals surface area contributed by atoms with Crippen molar-refractivity contribution in [3.8, 4) is 0 Å². The number of anilines is 2. The van der Waals surface area contributed by atoms with Crippen molar-refractivity contribution in [2.24, 2.45) is 0 Å². The molecule has 1 aromatic heterocycles. The fraction of sp³-hybridized carbons (Fsp3) is 0.273. The summed E-state index contributed by atoms with van der Waals surface area (Å²) in [5.41, 5.74) is 8.02. The minimum absolute atomic E-state index is 0.344. The van der Waals surface area contributed by atoms with E-state index in [0.29, 0.717) is 5.95 Å². The predicted molar refractivity (Wildman–Crippen MR) is 67.6 cm³/mol. The summed E-state index contributed by atoms with van der Waals surface area (Å²) >= 11 is 1.32. The lowest BCUT2D eigenvalue weighted by molar-refractivity contribution is 0.914. The molecule has 0 unspecified atom stereocenters. The number of nitrogen functional groups attached to an aromatic ring is 1. The highest BCUT2D eigenvalue weighted by Gasteiger charge is 2.07. The molecule has 16 heavy (non-hydrogen) atoms. The summed E-state index contributed by atoms with van der Waals surface area (Å²) in [4.78, 5) is 6.18. The van der Waals surface area contributed by atoms with Crippen molar-refractivity contribution < 1.29 is 0 Å². The third-order valence-electron chi connectivity index (χ3n) is 2.26. The summed E-state index contributed by atoms with van der Waals surface area (Å²) in [5.74, 6) is 0.344. The lowest BCUT2D eigenvalue weighted by Gasteiger charge is -2.15. The number of nitrogens with two attached hydrogens (primary N) is 1. The first-order valence-corrected chi connectivity index (χ1v) is 5.78. The highest BCUT2D eigenvalue weighted by atomic mass is 32.1. The maximum Gasteiger partial charge on any atom is 0.233 e. The fourth-order valence-corrected chi connectivity index (χ4v) is 2.09. The molecule has 1 heterocycles. The molecule has 0 saturated carbocycles. The van der Waals surface area contributed by atoms with Crippen molar-refractivity contribution in [2.45, 2.75) is 13.5 Å². The number of aromatic nitrogens is 2. The van der Waals surface area contributed by atoms with Crippen LogP contribution in [0.2, 0.25) is 0 Å². The second-order valence-corrected chi connectivity index (χ2v) is 4.51. The van der Waals surface area contributed by atoms with E-state index in [1.54, 1.807) is 0 Å². The average molecular weight is 234 g/mol. The van der Waals surface area contributed by atoms with Crippen LogP contribution in [0.15, 0.2) is 24.3 Å². The van der Waals surface area contributed by atoms with Gasteiger partial charge >= 0.3 is 0 Å². The summed E-state index contributed by atoms with van der Waals surface area (Å²) in [7, 11) is 1.99. The Labute approximate surface area is 98.9 Å². The Hall–Kier alpha value is -1.62. The molecule has 4 nitrogen and oxygen atoms in total. The van der Waals surface area contributed by atoms with Crippen LogP contribution in [-0.4, -0.2) is 16.4 Å². The van der Waals surface area contributed by atoms with E-state index in [4.69, 9.17) is 5.73 Å². The number of aryl methyl sites for hydroxylation is 1. The Kier molecular flexibility index (Phi) is 3.05. The van der Waals surface area contributed by atoms with Crippen LogP contribution in [0.5, 0.6) is 0 Å². The van der Waals surface area contributed by atoms with Gasteiger partial charge in [0.1, 0.15) is 0 Å². The van der Waals surface area contributed by atoms with Gasteiger partial charge in [0.2, 0.25) is 11.1 Å².